The molecule has 2 aromatic heterocycles. The maximum atomic E-state index is 13.0. The summed E-state index contributed by atoms with van der Waals surface area (Å²) < 4.78 is 2.19. The standard InChI is InChI=1S/C36H47N11O3/c1-4-30-34-26(16-40-47(34)23-18-45(19-23)17-22-7-5-10-28(41-22)36(50)46-14-13-24(48)20-46)25-8-6-9-27(33(25)44(30)3)43-29(15-31(37)39-2)32(38)35(49)42-21-11-12-21/h5-10,15-16,21,23-24,30,39,43,48H,4,11-14,17-20,37-38H2,1-3H3,(H,42,49)/b31-15+,32-29+. The number of anilines is 2. The molecule has 14 nitrogen and oxygen atoms in total. The third kappa shape index (κ3) is 6.48. The monoisotopic (exact) mass is 681 g/mol. The van der Waals surface area contributed by atoms with Gasteiger partial charge >= 0.3 is 0 Å². The van der Waals surface area contributed by atoms with Crippen LogP contribution in [0.3, 0.4) is 0 Å². The molecule has 0 bridgehead atoms. The summed E-state index contributed by atoms with van der Waals surface area (Å²) in [5, 5.41) is 24.1. The number of fused-ring (bicyclic) bond motifs is 3. The number of aliphatic hydroxyl groups is 1. The van der Waals surface area contributed by atoms with Crippen LogP contribution in [0.25, 0.3) is 11.1 Å². The first kappa shape index (κ1) is 33.4. The summed E-state index contributed by atoms with van der Waals surface area (Å²) in [5.74, 6) is -0.0791. The van der Waals surface area contributed by atoms with Gasteiger partial charge in [0, 0.05) is 70.1 Å². The minimum atomic E-state index is -0.460. The molecule has 3 aromatic rings. The van der Waals surface area contributed by atoms with E-state index in [-0.39, 0.29) is 35.6 Å². The largest absolute Gasteiger partial charge is 0.393 e. The quantitative estimate of drug-likeness (QED) is 0.129. The predicted octanol–water partition coefficient (Wildman–Crippen LogP) is 1.99. The summed E-state index contributed by atoms with van der Waals surface area (Å²) in [6.07, 6.45) is 6.54. The van der Waals surface area contributed by atoms with E-state index >= 15 is 0 Å². The molecule has 0 radical (unpaired) electrons. The van der Waals surface area contributed by atoms with Gasteiger partial charge in [0.1, 0.15) is 11.4 Å². The number of rotatable bonds is 11. The van der Waals surface area contributed by atoms with Crippen molar-refractivity contribution in [2.24, 2.45) is 11.5 Å². The Kier molecular flexibility index (Phi) is 9.14. The molecule has 8 N–H and O–H groups in total. The predicted molar refractivity (Wildman–Crippen MR) is 192 cm³/mol. The van der Waals surface area contributed by atoms with E-state index in [0.29, 0.717) is 43.3 Å². The molecule has 3 aliphatic heterocycles. The number of allylic oxidation sites excluding steroid dienone is 1. The molecule has 2 unspecified atom stereocenters. The van der Waals surface area contributed by atoms with Crippen molar-refractivity contribution in [1.82, 2.24) is 35.2 Å². The van der Waals surface area contributed by atoms with Crippen molar-refractivity contribution in [2.45, 2.75) is 63.4 Å². The molecule has 7 rings (SSSR count). The zero-order chi connectivity index (χ0) is 35.1. The summed E-state index contributed by atoms with van der Waals surface area (Å²) in [6.45, 7) is 5.37. The van der Waals surface area contributed by atoms with Gasteiger partial charge in [-0.25, -0.2) is 4.98 Å². The van der Waals surface area contributed by atoms with Crippen molar-refractivity contribution in [1.29, 1.82) is 0 Å². The number of nitrogens with two attached hydrogens (primary N) is 2. The summed E-state index contributed by atoms with van der Waals surface area (Å²) in [6, 6.07) is 12.1. The fourth-order valence-electron chi connectivity index (χ4n) is 7.25. The van der Waals surface area contributed by atoms with Crippen LogP contribution in [-0.2, 0) is 11.3 Å². The van der Waals surface area contributed by atoms with E-state index in [9.17, 15) is 14.7 Å². The summed E-state index contributed by atoms with van der Waals surface area (Å²) in [4.78, 5) is 36.8. The fraction of sp³-hybridized carbons (Fsp3) is 0.444. The van der Waals surface area contributed by atoms with E-state index in [1.165, 1.54) is 5.69 Å². The Morgan fingerprint density at radius 2 is 1.84 bits per heavy atom. The molecule has 1 aliphatic carbocycles. The first-order chi connectivity index (χ1) is 24.1. The number of likely N-dealkylation sites (tertiary alicyclic amines) is 2. The summed E-state index contributed by atoms with van der Waals surface area (Å²) in [5.41, 5.74) is 19.4. The lowest BCUT2D eigenvalue weighted by atomic mass is 9.91. The van der Waals surface area contributed by atoms with Crippen molar-refractivity contribution in [3.8, 4) is 11.1 Å². The smallest absolute Gasteiger partial charge is 0.272 e. The fourth-order valence-corrected chi connectivity index (χ4v) is 7.25. The van der Waals surface area contributed by atoms with Crippen molar-refractivity contribution in [2.75, 3.05) is 50.5 Å². The number of β-amino-alcohol motifs (C(OH)–C–C–N with tert-alkyl or cyclic N) is 1. The van der Waals surface area contributed by atoms with Gasteiger partial charge < -0.3 is 42.3 Å². The molecule has 4 aliphatic rings. The van der Waals surface area contributed by atoms with E-state index in [4.69, 9.17) is 16.6 Å². The number of benzene rings is 1. The van der Waals surface area contributed by atoms with E-state index < -0.39 is 6.10 Å². The number of pyridine rings is 1. The second-order valence-corrected chi connectivity index (χ2v) is 13.7. The van der Waals surface area contributed by atoms with Crippen LogP contribution < -0.4 is 32.3 Å². The first-order valence-corrected chi connectivity index (χ1v) is 17.5. The molecule has 50 heavy (non-hydrogen) atoms. The minimum Gasteiger partial charge on any atom is -0.393 e. The van der Waals surface area contributed by atoms with E-state index in [1.807, 2.05) is 30.5 Å². The highest BCUT2D eigenvalue weighted by molar-refractivity contribution is 5.96. The molecular weight excluding hydrogens is 634 g/mol. The van der Waals surface area contributed by atoms with Crippen LogP contribution in [0.2, 0.25) is 0 Å². The normalized spacial score (nSPS) is 21.2. The highest BCUT2D eigenvalue weighted by Crippen LogP contribution is 2.49. The van der Waals surface area contributed by atoms with Crippen LogP contribution in [0.1, 0.15) is 66.6 Å². The molecule has 5 heterocycles. The number of hydrogen-bond donors (Lipinski definition) is 6. The molecule has 2 atom stereocenters. The van der Waals surface area contributed by atoms with Gasteiger partial charge in [-0.2, -0.15) is 5.10 Å². The van der Waals surface area contributed by atoms with Gasteiger partial charge in [-0.15, -0.1) is 0 Å². The van der Waals surface area contributed by atoms with Crippen LogP contribution in [0, 0.1) is 0 Å². The average molecular weight is 682 g/mol. The van der Waals surface area contributed by atoms with Gasteiger partial charge in [-0.3, -0.25) is 19.2 Å². The Hall–Kier alpha value is -5.08. The van der Waals surface area contributed by atoms with Gasteiger partial charge in [0.15, 0.2) is 0 Å². The Morgan fingerprint density at radius 3 is 2.54 bits per heavy atom. The summed E-state index contributed by atoms with van der Waals surface area (Å²) >= 11 is 0. The molecule has 3 fully saturated rings. The van der Waals surface area contributed by atoms with Crippen LogP contribution >= 0.6 is 0 Å². The highest BCUT2D eigenvalue weighted by atomic mass is 16.3. The van der Waals surface area contributed by atoms with Crippen molar-refractivity contribution in [3.63, 3.8) is 0 Å². The number of carbonyl (C=O) groups is 2. The Labute approximate surface area is 292 Å². The van der Waals surface area contributed by atoms with Crippen molar-refractivity contribution in [3.05, 3.63) is 83.0 Å². The number of hydrogen-bond acceptors (Lipinski definition) is 11. The number of carbonyl (C=O) groups excluding carboxylic acids is 2. The maximum Gasteiger partial charge on any atom is 0.272 e. The second-order valence-electron chi connectivity index (χ2n) is 13.7. The molecular formula is C36H47N11O3. The Balaban J connectivity index is 1.10. The van der Waals surface area contributed by atoms with E-state index in [0.717, 1.165) is 60.5 Å². The lowest BCUT2D eigenvalue weighted by molar-refractivity contribution is -0.117. The van der Waals surface area contributed by atoms with Crippen LogP contribution in [-0.4, -0.2) is 93.9 Å². The SMILES string of the molecule is CCC1c2c(cnn2C2CN(Cc3cccc(C(=O)N4CCC(O)C4)n3)C2)-c2cccc(NC(/C=C(\N)NC)=C(/N)C(=O)NC3CC3)c2N1C. The lowest BCUT2D eigenvalue weighted by Gasteiger charge is -2.43. The Bertz CT molecular complexity index is 1840. The zero-order valence-corrected chi connectivity index (χ0v) is 28.9. The van der Waals surface area contributed by atoms with E-state index in [2.05, 4.69) is 55.5 Å². The second kappa shape index (κ2) is 13.7. The Morgan fingerprint density at radius 1 is 1.06 bits per heavy atom. The number of nitrogens with zero attached hydrogens (tertiary/aromatic N) is 6. The molecule has 1 aromatic carbocycles. The number of para-hydroxylation sites is 1. The van der Waals surface area contributed by atoms with Gasteiger partial charge in [0.25, 0.3) is 11.8 Å². The summed E-state index contributed by atoms with van der Waals surface area (Å²) in [7, 11) is 3.81. The third-order valence-corrected chi connectivity index (χ3v) is 10.1. The van der Waals surface area contributed by atoms with Gasteiger partial charge in [0.05, 0.1) is 58.7 Å². The molecule has 1 saturated carbocycles. The maximum absolute atomic E-state index is 13.0. The van der Waals surface area contributed by atoms with E-state index in [1.54, 1.807) is 24.1 Å². The van der Waals surface area contributed by atoms with Crippen molar-refractivity contribution < 1.29 is 14.7 Å². The minimum absolute atomic E-state index is 0.0614. The molecule has 2 amide bonds. The van der Waals surface area contributed by atoms with Gasteiger partial charge in [0.2, 0.25) is 0 Å². The molecule has 14 heteroatoms. The molecule has 0 spiro atoms. The van der Waals surface area contributed by atoms with Crippen LogP contribution in [0.15, 0.2) is 65.9 Å². The third-order valence-electron chi connectivity index (χ3n) is 10.1. The van der Waals surface area contributed by atoms with Gasteiger partial charge in [-0.05, 0) is 43.9 Å². The number of nitrogens with one attached hydrogen (secondary N) is 3. The van der Waals surface area contributed by atoms with Crippen LogP contribution in [0.5, 0.6) is 0 Å². The topological polar surface area (TPSA) is 183 Å². The van der Waals surface area contributed by atoms with Gasteiger partial charge in [-0.1, -0.05) is 25.1 Å². The van der Waals surface area contributed by atoms with Crippen LogP contribution in [0.4, 0.5) is 11.4 Å². The zero-order valence-electron chi connectivity index (χ0n) is 28.9. The highest BCUT2D eigenvalue weighted by Gasteiger charge is 2.38. The average Bonchev–Trinajstić information content (AvgIpc) is 3.64. The number of amides is 2. The number of aromatic nitrogens is 3. The molecule has 264 valence electrons. The van der Waals surface area contributed by atoms with Crippen molar-refractivity contribution >= 4 is 23.2 Å². The lowest BCUT2D eigenvalue weighted by Crippen LogP contribution is -2.48. The number of aliphatic hydroxyl groups excluding tert-OH is 1. The first-order valence-electron chi connectivity index (χ1n) is 17.5. The molecule has 2 saturated heterocycles.